The number of halogens is 1. The van der Waals surface area contributed by atoms with Gasteiger partial charge in [-0.25, -0.2) is 4.39 Å². The zero-order chi connectivity index (χ0) is 20.6. The van der Waals surface area contributed by atoms with Crippen LogP contribution >= 0.6 is 0 Å². The molecular formula is C21H21FN4O3. The molecule has 0 bridgehead atoms. The van der Waals surface area contributed by atoms with Gasteiger partial charge in [-0.3, -0.25) is 4.79 Å². The highest BCUT2D eigenvalue weighted by Gasteiger charge is 2.12. The molecule has 150 valence electrons. The average Bonchev–Trinajstić information content (AvgIpc) is 2.75. The minimum atomic E-state index is -0.347. The van der Waals surface area contributed by atoms with E-state index >= 15 is 0 Å². The molecule has 0 spiro atoms. The third-order valence-electron chi connectivity index (χ3n) is 4.21. The largest absolute Gasteiger partial charge is 0.493 e. The molecule has 3 rings (SSSR count). The van der Waals surface area contributed by atoms with Crippen molar-refractivity contribution in [2.24, 2.45) is 0 Å². The number of hydrogen-bond acceptors (Lipinski definition) is 6. The van der Waals surface area contributed by atoms with Crippen LogP contribution in [-0.2, 0) is 6.42 Å². The van der Waals surface area contributed by atoms with Crippen LogP contribution in [0.3, 0.4) is 0 Å². The van der Waals surface area contributed by atoms with E-state index in [1.165, 1.54) is 20.3 Å². The van der Waals surface area contributed by atoms with Crippen molar-refractivity contribution in [3.63, 3.8) is 0 Å². The van der Waals surface area contributed by atoms with E-state index in [0.717, 1.165) is 0 Å². The Morgan fingerprint density at radius 2 is 1.69 bits per heavy atom. The maximum Gasteiger partial charge on any atom is 0.257 e. The fourth-order valence-corrected chi connectivity index (χ4v) is 2.69. The molecule has 2 N–H and O–H groups in total. The van der Waals surface area contributed by atoms with Crippen molar-refractivity contribution < 1.29 is 18.7 Å². The van der Waals surface area contributed by atoms with Crippen LogP contribution in [0.5, 0.6) is 11.5 Å². The first kappa shape index (κ1) is 20.1. The fourth-order valence-electron chi connectivity index (χ4n) is 2.69. The van der Waals surface area contributed by atoms with E-state index < -0.39 is 0 Å². The number of anilines is 2. The molecule has 0 aliphatic rings. The summed E-state index contributed by atoms with van der Waals surface area (Å²) in [6.45, 7) is 0.507. The van der Waals surface area contributed by atoms with Crippen LogP contribution in [0.25, 0.3) is 0 Å². The summed E-state index contributed by atoms with van der Waals surface area (Å²) < 4.78 is 24.0. The predicted octanol–water partition coefficient (Wildman–Crippen LogP) is 3.54. The fraction of sp³-hybridized carbons (Fsp3) is 0.190. The zero-order valence-electron chi connectivity index (χ0n) is 16.1. The number of aromatic nitrogens is 2. The number of amides is 1. The Bertz CT molecular complexity index is 980. The normalized spacial score (nSPS) is 10.3. The highest BCUT2D eigenvalue weighted by molar-refractivity contribution is 6.04. The summed E-state index contributed by atoms with van der Waals surface area (Å²) in [7, 11) is 3.03. The van der Waals surface area contributed by atoms with E-state index in [4.69, 9.17) is 9.47 Å². The first-order valence-corrected chi connectivity index (χ1v) is 8.95. The lowest BCUT2D eigenvalue weighted by molar-refractivity contribution is 0.102. The Labute approximate surface area is 167 Å². The lowest BCUT2D eigenvalue weighted by Crippen LogP contribution is -2.14. The number of methoxy groups -OCH3 is 2. The van der Waals surface area contributed by atoms with Gasteiger partial charge in [-0.15, -0.1) is 10.2 Å². The van der Waals surface area contributed by atoms with Crippen LogP contribution in [0.2, 0.25) is 0 Å². The summed E-state index contributed by atoms with van der Waals surface area (Å²) >= 11 is 0. The third-order valence-corrected chi connectivity index (χ3v) is 4.21. The van der Waals surface area contributed by atoms with Crippen LogP contribution < -0.4 is 20.1 Å². The van der Waals surface area contributed by atoms with E-state index in [2.05, 4.69) is 20.8 Å². The third kappa shape index (κ3) is 5.19. The van der Waals surface area contributed by atoms with E-state index in [-0.39, 0.29) is 11.7 Å². The molecule has 3 aromatic rings. The van der Waals surface area contributed by atoms with Gasteiger partial charge in [0.2, 0.25) is 0 Å². The number of nitrogens with zero attached hydrogens (tertiary/aromatic N) is 2. The Balaban J connectivity index is 1.56. The van der Waals surface area contributed by atoms with Crippen molar-refractivity contribution >= 4 is 17.5 Å². The van der Waals surface area contributed by atoms with E-state index in [0.29, 0.717) is 47.2 Å². The molecule has 1 heterocycles. The first-order chi connectivity index (χ1) is 14.1. The molecule has 2 aromatic carbocycles. The number of hydrogen-bond donors (Lipinski definition) is 2. The standard InChI is InChI=1S/C21H21FN4O3/c1-28-17-8-7-15(13-18(17)29-2)21(27)24-20-10-9-19(25-26-20)23-12-11-14-5-3-4-6-16(14)22/h3-10,13H,11-12H2,1-2H3,(H,23,25)(H,24,26,27). The van der Waals surface area contributed by atoms with E-state index in [1.54, 1.807) is 48.5 Å². The van der Waals surface area contributed by atoms with Gasteiger partial charge in [0, 0.05) is 12.1 Å². The Hall–Kier alpha value is -3.68. The van der Waals surface area contributed by atoms with Gasteiger partial charge >= 0.3 is 0 Å². The monoisotopic (exact) mass is 396 g/mol. The summed E-state index contributed by atoms with van der Waals surface area (Å²) in [6.07, 6.45) is 0.520. The van der Waals surface area contributed by atoms with Gasteiger partial charge in [-0.1, -0.05) is 18.2 Å². The van der Waals surface area contributed by atoms with Crippen molar-refractivity contribution in [3.8, 4) is 11.5 Å². The first-order valence-electron chi connectivity index (χ1n) is 8.95. The van der Waals surface area contributed by atoms with Crippen LogP contribution in [0.4, 0.5) is 16.0 Å². The SMILES string of the molecule is COc1ccc(C(=O)Nc2ccc(NCCc3ccccc3F)nn2)cc1OC. The number of carbonyl (C=O) groups excluding carboxylic acids is 1. The highest BCUT2D eigenvalue weighted by atomic mass is 19.1. The average molecular weight is 396 g/mol. The summed E-state index contributed by atoms with van der Waals surface area (Å²) in [5, 5.41) is 13.8. The molecule has 8 heteroatoms. The molecule has 0 fully saturated rings. The summed E-state index contributed by atoms with van der Waals surface area (Å²) in [5.74, 6) is 1.26. The molecule has 29 heavy (non-hydrogen) atoms. The van der Waals surface area contributed by atoms with Gasteiger partial charge in [0.05, 0.1) is 14.2 Å². The summed E-state index contributed by atoms with van der Waals surface area (Å²) in [6, 6.07) is 14.8. The quantitative estimate of drug-likeness (QED) is 0.606. The molecule has 0 atom stereocenters. The zero-order valence-corrected chi connectivity index (χ0v) is 16.1. The summed E-state index contributed by atoms with van der Waals surface area (Å²) in [4.78, 5) is 12.4. The molecule has 7 nitrogen and oxygen atoms in total. The second-order valence-corrected chi connectivity index (χ2v) is 6.10. The van der Waals surface area contributed by atoms with E-state index in [9.17, 15) is 9.18 Å². The molecule has 1 aromatic heterocycles. The Kier molecular flexibility index (Phi) is 6.57. The lowest BCUT2D eigenvalue weighted by atomic mass is 10.1. The number of carbonyl (C=O) groups is 1. The molecular weight excluding hydrogens is 375 g/mol. The number of rotatable bonds is 8. The topological polar surface area (TPSA) is 85.4 Å². The molecule has 0 unspecified atom stereocenters. The van der Waals surface area contributed by atoms with Gasteiger partial charge < -0.3 is 20.1 Å². The molecule has 0 saturated carbocycles. The van der Waals surface area contributed by atoms with Crippen molar-refractivity contribution in [1.29, 1.82) is 0 Å². The van der Waals surface area contributed by atoms with Crippen molar-refractivity contribution in [2.75, 3.05) is 31.4 Å². The van der Waals surface area contributed by atoms with Crippen LogP contribution in [0, 0.1) is 5.82 Å². The highest BCUT2D eigenvalue weighted by Crippen LogP contribution is 2.27. The van der Waals surface area contributed by atoms with Gasteiger partial charge in [0.15, 0.2) is 17.3 Å². The summed E-state index contributed by atoms with van der Waals surface area (Å²) in [5.41, 5.74) is 1.03. The maximum atomic E-state index is 13.6. The molecule has 0 saturated heterocycles. The predicted molar refractivity (Wildman–Crippen MR) is 108 cm³/mol. The number of nitrogens with one attached hydrogen (secondary N) is 2. The lowest BCUT2D eigenvalue weighted by Gasteiger charge is -2.10. The number of benzene rings is 2. The molecule has 1 amide bonds. The van der Waals surface area contributed by atoms with Crippen molar-refractivity contribution in [3.05, 3.63) is 71.5 Å². The Morgan fingerprint density at radius 1 is 0.966 bits per heavy atom. The maximum absolute atomic E-state index is 13.6. The second-order valence-electron chi connectivity index (χ2n) is 6.10. The van der Waals surface area contributed by atoms with Gasteiger partial charge in [0.25, 0.3) is 5.91 Å². The number of ether oxygens (including phenoxy) is 2. The van der Waals surface area contributed by atoms with Crippen LogP contribution in [0.15, 0.2) is 54.6 Å². The van der Waals surface area contributed by atoms with Crippen molar-refractivity contribution in [2.45, 2.75) is 6.42 Å². The van der Waals surface area contributed by atoms with Gasteiger partial charge in [-0.2, -0.15) is 0 Å². The minimum Gasteiger partial charge on any atom is -0.493 e. The van der Waals surface area contributed by atoms with Gasteiger partial charge in [-0.05, 0) is 48.4 Å². The smallest absolute Gasteiger partial charge is 0.257 e. The molecule has 0 radical (unpaired) electrons. The second kappa shape index (κ2) is 9.50. The minimum absolute atomic E-state index is 0.228. The van der Waals surface area contributed by atoms with Crippen LogP contribution in [0.1, 0.15) is 15.9 Å². The molecule has 0 aliphatic carbocycles. The van der Waals surface area contributed by atoms with E-state index in [1.807, 2.05) is 0 Å². The Morgan fingerprint density at radius 3 is 2.38 bits per heavy atom. The van der Waals surface area contributed by atoms with Crippen molar-refractivity contribution in [1.82, 2.24) is 10.2 Å². The van der Waals surface area contributed by atoms with Gasteiger partial charge in [0.1, 0.15) is 11.6 Å². The van der Waals surface area contributed by atoms with Crippen LogP contribution in [-0.4, -0.2) is 36.9 Å². The molecule has 0 aliphatic heterocycles.